The first-order valence-electron chi connectivity index (χ1n) is 6.83. The number of benzene rings is 1. The number of quaternary nitrogens is 1. The summed E-state index contributed by atoms with van der Waals surface area (Å²) in [6.45, 7) is 5.27. The fourth-order valence-corrected chi connectivity index (χ4v) is 2.63. The molecule has 0 aliphatic carbocycles. The predicted octanol–water partition coefficient (Wildman–Crippen LogP) is 1.34. The van der Waals surface area contributed by atoms with Crippen molar-refractivity contribution < 1.29 is 14.4 Å². The Balaban J connectivity index is 1.82. The van der Waals surface area contributed by atoms with Gasteiger partial charge in [-0.15, -0.1) is 0 Å². The molecule has 3 heteroatoms. The van der Waals surface area contributed by atoms with E-state index in [1.165, 1.54) is 25.8 Å². The summed E-state index contributed by atoms with van der Waals surface area (Å²) in [6.07, 6.45) is 4.86. The Hall–Kier alpha value is -1.35. The molecule has 1 aliphatic rings. The van der Waals surface area contributed by atoms with Gasteiger partial charge in [-0.1, -0.05) is 12.1 Å². The van der Waals surface area contributed by atoms with Gasteiger partial charge in [-0.2, -0.15) is 0 Å². The topological polar surface area (TPSA) is 30.7 Å². The summed E-state index contributed by atoms with van der Waals surface area (Å²) in [7, 11) is 0. The zero-order chi connectivity index (χ0) is 12.8. The number of aldehydes is 1. The Bertz CT molecular complexity index is 392. The first-order chi connectivity index (χ1) is 8.81. The summed E-state index contributed by atoms with van der Waals surface area (Å²) >= 11 is 0. The minimum Gasteiger partial charge on any atom is -0.487 e. The van der Waals surface area contributed by atoms with Crippen LogP contribution >= 0.6 is 0 Å². The van der Waals surface area contributed by atoms with Crippen LogP contribution in [0.15, 0.2) is 24.3 Å². The molecule has 1 aromatic rings. The van der Waals surface area contributed by atoms with E-state index < -0.39 is 0 Å². The number of piperidine rings is 1. The van der Waals surface area contributed by atoms with Gasteiger partial charge < -0.3 is 9.64 Å². The maximum atomic E-state index is 10.9. The van der Waals surface area contributed by atoms with Crippen LogP contribution in [0, 0.1) is 0 Å². The number of hydrogen-bond acceptors (Lipinski definition) is 2. The summed E-state index contributed by atoms with van der Waals surface area (Å²) < 4.78 is 5.73. The Morgan fingerprint density at radius 1 is 1.39 bits per heavy atom. The third-order valence-corrected chi connectivity index (χ3v) is 3.81. The molecule has 0 amide bonds. The molecule has 1 aromatic carbocycles. The molecule has 0 bridgehead atoms. The molecule has 0 aromatic heterocycles. The summed E-state index contributed by atoms with van der Waals surface area (Å²) in [5.74, 6) is 0.705. The van der Waals surface area contributed by atoms with E-state index in [2.05, 4.69) is 6.92 Å². The molecule has 0 saturated carbocycles. The third-order valence-electron chi connectivity index (χ3n) is 3.81. The highest BCUT2D eigenvalue weighted by Gasteiger charge is 2.21. The van der Waals surface area contributed by atoms with Crippen LogP contribution < -0.4 is 9.64 Å². The standard InChI is InChI=1S/C15H21NO2/c1-13-6-4-5-9-16(13)10-11-18-15-8-3-2-7-14(15)12-17/h2-3,7-8,12-13H,4-6,9-11H2,1H3/p+1/t13-/m0/s1. The molecule has 1 heterocycles. The van der Waals surface area contributed by atoms with E-state index >= 15 is 0 Å². The maximum Gasteiger partial charge on any atom is 0.153 e. The fourth-order valence-electron chi connectivity index (χ4n) is 2.63. The van der Waals surface area contributed by atoms with Crippen molar-refractivity contribution in [3.8, 4) is 5.75 Å². The molecular weight excluding hydrogens is 226 g/mol. The Kier molecular flexibility index (Phi) is 4.76. The molecule has 98 valence electrons. The van der Waals surface area contributed by atoms with Crippen LogP contribution in [0.5, 0.6) is 5.75 Å². The van der Waals surface area contributed by atoms with E-state index in [1.54, 1.807) is 11.0 Å². The van der Waals surface area contributed by atoms with Crippen molar-refractivity contribution in [1.82, 2.24) is 0 Å². The van der Waals surface area contributed by atoms with Crippen LogP contribution in [-0.2, 0) is 0 Å². The second-order valence-electron chi connectivity index (χ2n) is 5.06. The minimum atomic E-state index is 0.638. The lowest BCUT2D eigenvalue weighted by Gasteiger charge is -2.30. The van der Waals surface area contributed by atoms with Gasteiger partial charge in [0.05, 0.1) is 18.2 Å². The van der Waals surface area contributed by atoms with Crippen molar-refractivity contribution in [2.24, 2.45) is 0 Å². The van der Waals surface area contributed by atoms with E-state index in [-0.39, 0.29) is 0 Å². The molecule has 1 fully saturated rings. The first-order valence-corrected chi connectivity index (χ1v) is 6.83. The zero-order valence-electron chi connectivity index (χ0n) is 11.0. The second-order valence-corrected chi connectivity index (χ2v) is 5.06. The number of para-hydroxylation sites is 1. The van der Waals surface area contributed by atoms with Gasteiger partial charge in [0.1, 0.15) is 18.9 Å². The lowest BCUT2D eigenvalue weighted by molar-refractivity contribution is -0.928. The molecule has 2 rings (SSSR count). The van der Waals surface area contributed by atoms with Gasteiger partial charge in [0.15, 0.2) is 6.29 Å². The Morgan fingerprint density at radius 3 is 3.00 bits per heavy atom. The van der Waals surface area contributed by atoms with Gasteiger partial charge in [0.25, 0.3) is 0 Å². The maximum absolute atomic E-state index is 10.9. The second kappa shape index (κ2) is 6.55. The van der Waals surface area contributed by atoms with Gasteiger partial charge in [-0.25, -0.2) is 0 Å². The third kappa shape index (κ3) is 3.33. The molecule has 0 radical (unpaired) electrons. The Labute approximate surface area is 109 Å². The molecular formula is C15H22NO2+. The lowest BCUT2D eigenvalue weighted by Crippen LogP contribution is -3.16. The molecule has 2 atom stereocenters. The van der Waals surface area contributed by atoms with Crippen molar-refractivity contribution in [2.45, 2.75) is 32.2 Å². The zero-order valence-corrected chi connectivity index (χ0v) is 11.0. The first kappa shape index (κ1) is 13.1. The number of carbonyl (C=O) groups is 1. The minimum absolute atomic E-state index is 0.638. The summed E-state index contributed by atoms with van der Waals surface area (Å²) in [5.41, 5.74) is 0.638. The van der Waals surface area contributed by atoms with Gasteiger partial charge in [-0.3, -0.25) is 4.79 Å². The molecule has 1 N–H and O–H groups in total. The lowest BCUT2D eigenvalue weighted by atomic mass is 10.0. The largest absolute Gasteiger partial charge is 0.487 e. The average molecular weight is 248 g/mol. The van der Waals surface area contributed by atoms with Crippen LogP contribution in [0.4, 0.5) is 0 Å². The van der Waals surface area contributed by atoms with Crippen LogP contribution in [0.2, 0.25) is 0 Å². The Morgan fingerprint density at radius 2 is 2.22 bits per heavy atom. The number of carbonyl (C=O) groups excluding carboxylic acids is 1. The predicted molar refractivity (Wildman–Crippen MR) is 71.3 cm³/mol. The van der Waals surface area contributed by atoms with E-state index in [4.69, 9.17) is 4.74 Å². The van der Waals surface area contributed by atoms with Crippen molar-refractivity contribution >= 4 is 6.29 Å². The molecule has 3 nitrogen and oxygen atoms in total. The molecule has 18 heavy (non-hydrogen) atoms. The van der Waals surface area contributed by atoms with Crippen molar-refractivity contribution in [3.63, 3.8) is 0 Å². The molecule has 0 spiro atoms. The van der Waals surface area contributed by atoms with Crippen LogP contribution in [-0.4, -0.2) is 32.0 Å². The number of hydrogen-bond donors (Lipinski definition) is 1. The van der Waals surface area contributed by atoms with Gasteiger partial charge >= 0.3 is 0 Å². The summed E-state index contributed by atoms with van der Waals surface area (Å²) in [5, 5.41) is 0. The number of nitrogens with one attached hydrogen (secondary N) is 1. The SMILES string of the molecule is C[C@H]1CCCC[NH+]1CCOc1ccccc1C=O. The van der Waals surface area contributed by atoms with Gasteiger partial charge in [-0.05, 0) is 38.3 Å². The van der Waals surface area contributed by atoms with Crippen LogP contribution in [0.25, 0.3) is 0 Å². The quantitative estimate of drug-likeness (QED) is 0.797. The smallest absolute Gasteiger partial charge is 0.153 e. The van der Waals surface area contributed by atoms with E-state index in [0.717, 1.165) is 18.9 Å². The fraction of sp³-hybridized carbons (Fsp3) is 0.533. The van der Waals surface area contributed by atoms with E-state index in [1.807, 2.05) is 18.2 Å². The highest BCUT2D eigenvalue weighted by atomic mass is 16.5. The monoisotopic (exact) mass is 248 g/mol. The van der Waals surface area contributed by atoms with Crippen molar-refractivity contribution in [3.05, 3.63) is 29.8 Å². The van der Waals surface area contributed by atoms with Crippen LogP contribution in [0.1, 0.15) is 36.5 Å². The summed E-state index contributed by atoms with van der Waals surface area (Å²) in [4.78, 5) is 12.5. The number of likely N-dealkylation sites (tertiary alicyclic amines) is 1. The van der Waals surface area contributed by atoms with E-state index in [0.29, 0.717) is 17.9 Å². The summed E-state index contributed by atoms with van der Waals surface area (Å²) in [6, 6.07) is 8.15. The van der Waals surface area contributed by atoms with Crippen LogP contribution in [0.3, 0.4) is 0 Å². The molecule has 1 saturated heterocycles. The molecule has 1 aliphatic heterocycles. The normalized spacial score (nSPS) is 23.6. The highest BCUT2D eigenvalue weighted by molar-refractivity contribution is 5.79. The van der Waals surface area contributed by atoms with Crippen molar-refractivity contribution in [1.29, 1.82) is 0 Å². The number of ether oxygens (including phenoxy) is 1. The van der Waals surface area contributed by atoms with Gasteiger partial charge in [0.2, 0.25) is 0 Å². The van der Waals surface area contributed by atoms with E-state index in [9.17, 15) is 4.79 Å². The van der Waals surface area contributed by atoms with Crippen molar-refractivity contribution in [2.75, 3.05) is 19.7 Å². The molecule has 1 unspecified atom stereocenters. The number of rotatable bonds is 5. The van der Waals surface area contributed by atoms with Gasteiger partial charge in [0, 0.05) is 0 Å². The average Bonchev–Trinajstić information content (AvgIpc) is 2.41. The highest BCUT2D eigenvalue weighted by Crippen LogP contribution is 2.15.